The largest absolute Gasteiger partial charge is 0.334 e. The molecule has 0 amide bonds. The predicted octanol–water partition coefficient (Wildman–Crippen LogP) is 5.47. The number of thiazole rings is 1. The van der Waals surface area contributed by atoms with Gasteiger partial charge < -0.3 is 5.32 Å². The van der Waals surface area contributed by atoms with Gasteiger partial charge in [-0.3, -0.25) is 14.7 Å². The number of rotatable bonds is 6. The Hall–Kier alpha value is -3.59. The van der Waals surface area contributed by atoms with Crippen LogP contribution in [0.15, 0.2) is 54.2 Å². The van der Waals surface area contributed by atoms with Gasteiger partial charge in [-0.15, -0.1) is 11.3 Å². The third-order valence-corrected chi connectivity index (χ3v) is 5.32. The number of aryl methyl sites for hydroxylation is 1. The maximum atomic E-state index is 11.5. The van der Waals surface area contributed by atoms with E-state index in [1.54, 1.807) is 29.8 Å². The van der Waals surface area contributed by atoms with E-state index in [9.17, 15) is 10.1 Å². The topological polar surface area (TPSA) is 98.8 Å². The third kappa shape index (κ3) is 3.92. The summed E-state index contributed by atoms with van der Waals surface area (Å²) in [4.78, 5) is 24.5. The molecule has 1 aromatic carbocycles. The molecule has 0 bridgehead atoms. The minimum absolute atomic E-state index is 0.0934. The van der Waals surface area contributed by atoms with Gasteiger partial charge >= 0.3 is 5.69 Å². The van der Waals surface area contributed by atoms with Crippen LogP contribution in [0.3, 0.4) is 0 Å². The lowest BCUT2D eigenvalue weighted by atomic mass is 10.1. The Morgan fingerprint density at radius 2 is 1.90 bits per heavy atom. The molecule has 0 spiro atoms. The number of hydrogen-bond acceptors (Lipinski definition) is 7. The zero-order valence-electron chi connectivity index (χ0n) is 16.7. The zero-order valence-corrected chi connectivity index (χ0v) is 17.6. The average Bonchev–Trinajstić information content (AvgIpc) is 3.37. The van der Waals surface area contributed by atoms with Crippen LogP contribution >= 0.6 is 11.3 Å². The maximum Gasteiger partial charge on any atom is 0.311 e. The first-order valence-electron chi connectivity index (χ1n) is 9.41. The van der Waals surface area contributed by atoms with Crippen LogP contribution in [0.4, 0.5) is 17.2 Å². The van der Waals surface area contributed by atoms with E-state index in [1.165, 1.54) is 6.07 Å². The zero-order chi connectivity index (χ0) is 21.3. The van der Waals surface area contributed by atoms with Gasteiger partial charge in [-0.05, 0) is 25.1 Å². The molecule has 3 heterocycles. The van der Waals surface area contributed by atoms with E-state index in [2.05, 4.69) is 20.3 Å². The van der Waals surface area contributed by atoms with Crippen molar-refractivity contribution in [1.29, 1.82) is 0 Å². The number of nitro groups is 1. The molecule has 0 aliphatic heterocycles. The van der Waals surface area contributed by atoms with Crippen molar-refractivity contribution in [2.24, 2.45) is 0 Å². The maximum absolute atomic E-state index is 11.5. The first kappa shape index (κ1) is 19.7. The van der Waals surface area contributed by atoms with Crippen molar-refractivity contribution in [3.8, 4) is 17.1 Å². The predicted molar refractivity (Wildman–Crippen MR) is 118 cm³/mol. The summed E-state index contributed by atoms with van der Waals surface area (Å²) in [6.45, 7) is 6.04. The molecular weight excluding hydrogens is 400 g/mol. The smallest absolute Gasteiger partial charge is 0.311 e. The summed E-state index contributed by atoms with van der Waals surface area (Å²) in [5.41, 5.74) is 2.51. The molecule has 9 heteroatoms. The highest BCUT2D eigenvalue weighted by molar-refractivity contribution is 7.09. The van der Waals surface area contributed by atoms with Crippen LogP contribution in [0.25, 0.3) is 17.1 Å². The molecule has 30 heavy (non-hydrogen) atoms. The molecular formula is C21H20N6O2S. The van der Waals surface area contributed by atoms with Crippen molar-refractivity contribution in [1.82, 2.24) is 19.5 Å². The van der Waals surface area contributed by atoms with Gasteiger partial charge in [0.05, 0.1) is 15.6 Å². The first-order chi connectivity index (χ1) is 14.4. The third-order valence-electron chi connectivity index (χ3n) is 4.55. The number of imidazole rings is 1. The normalized spacial score (nSPS) is 11.1. The van der Waals surface area contributed by atoms with Crippen LogP contribution < -0.4 is 5.32 Å². The summed E-state index contributed by atoms with van der Waals surface area (Å²) in [5, 5.41) is 17.6. The fourth-order valence-corrected chi connectivity index (χ4v) is 3.73. The lowest BCUT2D eigenvalue weighted by Gasteiger charge is -2.12. The molecule has 0 aliphatic rings. The molecule has 0 saturated carbocycles. The summed E-state index contributed by atoms with van der Waals surface area (Å²) in [7, 11) is 0. The van der Waals surface area contributed by atoms with Crippen molar-refractivity contribution in [2.45, 2.75) is 26.7 Å². The number of nitrogens with zero attached hydrogens (tertiary/aromatic N) is 5. The molecule has 3 aromatic heterocycles. The number of pyridine rings is 1. The molecule has 8 nitrogen and oxygen atoms in total. The van der Waals surface area contributed by atoms with Crippen LogP contribution in [-0.2, 0) is 0 Å². The average molecular weight is 420 g/mol. The Bertz CT molecular complexity index is 1200. The molecule has 1 N–H and O–H groups in total. The number of benzene rings is 1. The van der Waals surface area contributed by atoms with Gasteiger partial charge in [-0.2, -0.15) is 0 Å². The highest BCUT2D eigenvalue weighted by atomic mass is 32.1. The number of hydrogen-bond donors (Lipinski definition) is 1. The second-order valence-corrected chi connectivity index (χ2v) is 8.12. The van der Waals surface area contributed by atoms with Gasteiger partial charge in [0, 0.05) is 41.0 Å². The fraction of sp³-hybridized carbons (Fsp3) is 0.190. The second kappa shape index (κ2) is 8.03. The Morgan fingerprint density at radius 3 is 2.53 bits per heavy atom. The van der Waals surface area contributed by atoms with Gasteiger partial charge in [0.15, 0.2) is 0 Å². The fourth-order valence-electron chi connectivity index (χ4n) is 3.11. The van der Waals surface area contributed by atoms with E-state index in [1.807, 2.05) is 55.0 Å². The number of nitrogens with one attached hydrogen (secondary N) is 1. The van der Waals surface area contributed by atoms with E-state index < -0.39 is 4.92 Å². The lowest BCUT2D eigenvalue weighted by molar-refractivity contribution is -0.384. The summed E-state index contributed by atoms with van der Waals surface area (Å²) in [6.07, 6.45) is 3.50. The van der Waals surface area contributed by atoms with Gasteiger partial charge in [-0.1, -0.05) is 26.0 Å². The summed E-state index contributed by atoms with van der Waals surface area (Å²) < 4.78 is 1.84. The molecule has 0 radical (unpaired) electrons. The molecule has 0 unspecified atom stereocenters. The molecule has 0 aliphatic carbocycles. The molecule has 0 atom stereocenters. The van der Waals surface area contributed by atoms with Gasteiger partial charge in [0.1, 0.15) is 11.6 Å². The summed E-state index contributed by atoms with van der Waals surface area (Å²) in [6, 6.07) is 10.7. The second-order valence-electron chi connectivity index (χ2n) is 7.06. The Morgan fingerprint density at radius 1 is 1.13 bits per heavy atom. The van der Waals surface area contributed by atoms with Crippen LogP contribution in [0.2, 0.25) is 0 Å². The quantitative estimate of drug-likeness (QED) is 0.328. The van der Waals surface area contributed by atoms with Crippen LogP contribution in [-0.4, -0.2) is 24.4 Å². The minimum Gasteiger partial charge on any atom is -0.334 e. The standard InChI is InChI=1S/C21H20N6O2S/c1-13(2)21-22-10-11-26(21)19-9-8-18(27(28)29)20(25-19)24-16-6-4-15(5-7-16)17-12-30-14(3)23-17/h4-13H,1-3H3,(H,24,25). The van der Waals surface area contributed by atoms with Crippen LogP contribution in [0.5, 0.6) is 0 Å². The Labute approximate surface area is 177 Å². The van der Waals surface area contributed by atoms with Crippen molar-refractivity contribution >= 4 is 28.5 Å². The Balaban J connectivity index is 1.67. The van der Waals surface area contributed by atoms with E-state index >= 15 is 0 Å². The summed E-state index contributed by atoms with van der Waals surface area (Å²) in [5.74, 6) is 1.78. The Kier molecular flexibility index (Phi) is 5.28. The van der Waals surface area contributed by atoms with Crippen LogP contribution in [0, 0.1) is 17.0 Å². The van der Waals surface area contributed by atoms with E-state index in [0.717, 1.165) is 22.1 Å². The molecule has 152 valence electrons. The minimum atomic E-state index is -0.442. The van der Waals surface area contributed by atoms with E-state index in [4.69, 9.17) is 0 Å². The lowest BCUT2D eigenvalue weighted by Crippen LogP contribution is -2.07. The molecule has 4 rings (SSSR count). The van der Waals surface area contributed by atoms with Crippen molar-refractivity contribution in [2.75, 3.05) is 5.32 Å². The van der Waals surface area contributed by atoms with Crippen molar-refractivity contribution < 1.29 is 4.92 Å². The number of aromatic nitrogens is 4. The van der Waals surface area contributed by atoms with Crippen molar-refractivity contribution in [3.05, 3.63) is 75.1 Å². The van der Waals surface area contributed by atoms with Gasteiger partial charge in [-0.25, -0.2) is 15.0 Å². The van der Waals surface area contributed by atoms with Crippen molar-refractivity contribution in [3.63, 3.8) is 0 Å². The van der Waals surface area contributed by atoms with Gasteiger partial charge in [0.2, 0.25) is 5.82 Å². The highest BCUT2D eigenvalue weighted by Crippen LogP contribution is 2.29. The van der Waals surface area contributed by atoms with Crippen LogP contribution in [0.1, 0.15) is 30.6 Å². The first-order valence-corrected chi connectivity index (χ1v) is 10.3. The SMILES string of the molecule is Cc1nc(-c2ccc(Nc3nc(-n4ccnc4C(C)C)ccc3[N+](=O)[O-])cc2)cs1. The van der Waals surface area contributed by atoms with E-state index in [0.29, 0.717) is 11.5 Å². The molecule has 0 saturated heterocycles. The molecule has 4 aromatic rings. The van der Waals surface area contributed by atoms with E-state index in [-0.39, 0.29) is 17.4 Å². The monoisotopic (exact) mass is 420 g/mol. The molecule has 0 fully saturated rings. The summed E-state index contributed by atoms with van der Waals surface area (Å²) >= 11 is 1.60. The number of anilines is 2. The van der Waals surface area contributed by atoms with Gasteiger partial charge in [0.25, 0.3) is 0 Å². The highest BCUT2D eigenvalue weighted by Gasteiger charge is 2.19.